The number of ether oxygens (including phenoxy) is 1. The van der Waals surface area contributed by atoms with E-state index in [1.165, 1.54) is 11.0 Å². The Bertz CT molecular complexity index is 596. The van der Waals surface area contributed by atoms with E-state index in [4.69, 9.17) is 10.5 Å². The Morgan fingerprint density at radius 1 is 1.29 bits per heavy atom. The molecule has 1 aromatic rings. The summed E-state index contributed by atoms with van der Waals surface area (Å²) in [6, 6.07) is 4.84. The van der Waals surface area contributed by atoms with Gasteiger partial charge in [-0.3, -0.25) is 0 Å². The SMILES string of the molecule is CC(C)(C)OC(=O)N1CC[C@H](N)[C@H](c2cccc(C(F)(F)F)c2)C1. The molecular weight excluding hydrogens is 321 g/mol. The lowest BCUT2D eigenvalue weighted by Crippen LogP contribution is -2.49. The first-order valence-corrected chi connectivity index (χ1v) is 7.88. The number of carbonyl (C=O) groups excluding carboxylic acids is 1. The molecule has 0 aliphatic carbocycles. The molecule has 0 aromatic heterocycles. The highest BCUT2D eigenvalue weighted by Gasteiger charge is 2.35. The lowest BCUT2D eigenvalue weighted by molar-refractivity contribution is -0.137. The number of hydrogen-bond acceptors (Lipinski definition) is 3. The highest BCUT2D eigenvalue weighted by Crippen LogP contribution is 2.33. The molecule has 4 nitrogen and oxygen atoms in total. The van der Waals surface area contributed by atoms with Crippen LogP contribution in [0.5, 0.6) is 0 Å². The van der Waals surface area contributed by atoms with Crippen LogP contribution in [-0.2, 0) is 10.9 Å². The van der Waals surface area contributed by atoms with Gasteiger partial charge in [0.15, 0.2) is 0 Å². The maximum Gasteiger partial charge on any atom is 0.416 e. The van der Waals surface area contributed by atoms with Crippen molar-refractivity contribution in [3.05, 3.63) is 35.4 Å². The number of hydrogen-bond donors (Lipinski definition) is 1. The standard InChI is InChI=1S/C17H23F3N2O2/c1-16(2,3)24-15(23)22-8-7-14(21)13(10-22)11-5-4-6-12(9-11)17(18,19)20/h4-6,9,13-14H,7-8,10,21H2,1-3H3/t13-,14-/m0/s1. The van der Waals surface area contributed by atoms with E-state index in [0.29, 0.717) is 18.5 Å². The van der Waals surface area contributed by atoms with Gasteiger partial charge in [0.05, 0.1) is 5.56 Å². The molecule has 24 heavy (non-hydrogen) atoms. The van der Waals surface area contributed by atoms with Gasteiger partial charge < -0.3 is 15.4 Å². The van der Waals surface area contributed by atoms with Crippen molar-refractivity contribution in [2.75, 3.05) is 13.1 Å². The van der Waals surface area contributed by atoms with E-state index in [1.807, 2.05) is 0 Å². The molecule has 1 amide bonds. The maximum atomic E-state index is 12.9. The van der Waals surface area contributed by atoms with Crippen LogP contribution in [0.4, 0.5) is 18.0 Å². The van der Waals surface area contributed by atoms with E-state index in [9.17, 15) is 18.0 Å². The van der Waals surface area contributed by atoms with Gasteiger partial charge in [-0.1, -0.05) is 18.2 Å². The summed E-state index contributed by atoms with van der Waals surface area (Å²) in [6.45, 7) is 5.99. The molecule has 1 heterocycles. The predicted octanol–water partition coefficient (Wildman–Crippen LogP) is 3.76. The topological polar surface area (TPSA) is 55.6 Å². The first kappa shape index (κ1) is 18.6. The first-order chi connectivity index (χ1) is 11.0. The highest BCUT2D eigenvalue weighted by molar-refractivity contribution is 5.68. The number of amides is 1. The maximum absolute atomic E-state index is 12.9. The second-order valence-electron chi connectivity index (χ2n) is 7.11. The lowest BCUT2D eigenvalue weighted by Gasteiger charge is -2.38. The Morgan fingerprint density at radius 3 is 2.54 bits per heavy atom. The average Bonchev–Trinajstić information content (AvgIpc) is 2.45. The van der Waals surface area contributed by atoms with Crippen molar-refractivity contribution in [1.29, 1.82) is 0 Å². The largest absolute Gasteiger partial charge is 0.444 e. The van der Waals surface area contributed by atoms with Crippen LogP contribution in [0.15, 0.2) is 24.3 Å². The summed E-state index contributed by atoms with van der Waals surface area (Å²) in [5.41, 5.74) is 5.26. The van der Waals surface area contributed by atoms with E-state index < -0.39 is 23.4 Å². The van der Waals surface area contributed by atoms with Crippen molar-refractivity contribution < 1.29 is 22.7 Å². The fourth-order valence-corrected chi connectivity index (χ4v) is 2.76. The van der Waals surface area contributed by atoms with Crippen LogP contribution < -0.4 is 5.73 Å². The third kappa shape index (κ3) is 4.63. The number of likely N-dealkylation sites (tertiary alicyclic amines) is 1. The molecular formula is C17H23F3N2O2. The number of benzene rings is 1. The van der Waals surface area contributed by atoms with Gasteiger partial charge in [-0.15, -0.1) is 0 Å². The van der Waals surface area contributed by atoms with Crippen LogP contribution in [0, 0.1) is 0 Å². The number of piperidine rings is 1. The van der Waals surface area contributed by atoms with Crippen molar-refractivity contribution >= 4 is 6.09 Å². The van der Waals surface area contributed by atoms with Crippen molar-refractivity contribution in [2.45, 2.75) is 50.9 Å². The monoisotopic (exact) mass is 344 g/mol. The minimum atomic E-state index is -4.40. The Balaban J connectivity index is 2.19. The summed E-state index contributed by atoms with van der Waals surface area (Å²) in [5, 5.41) is 0. The zero-order valence-corrected chi connectivity index (χ0v) is 14.1. The number of carbonyl (C=O) groups is 1. The van der Waals surface area contributed by atoms with E-state index in [1.54, 1.807) is 26.8 Å². The van der Waals surface area contributed by atoms with Gasteiger partial charge in [0.25, 0.3) is 0 Å². The molecule has 1 aromatic carbocycles. The summed E-state index contributed by atoms with van der Waals surface area (Å²) in [4.78, 5) is 13.7. The Morgan fingerprint density at radius 2 is 1.96 bits per heavy atom. The average molecular weight is 344 g/mol. The molecule has 134 valence electrons. The van der Waals surface area contributed by atoms with E-state index in [0.717, 1.165) is 12.1 Å². The fraction of sp³-hybridized carbons (Fsp3) is 0.588. The number of rotatable bonds is 1. The van der Waals surface area contributed by atoms with E-state index in [2.05, 4.69) is 0 Å². The molecule has 0 radical (unpaired) electrons. The molecule has 7 heteroatoms. The Hall–Kier alpha value is -1.76. The van der Waals surface area contributed by atoms with Crippen LogP contribution in [0.3, 0.4) is 0 Å². The summed E-state index contributed by atoms with van der Waals surface area (Å²) in [7, 11) is 0. The first-order valence-electron chi connectivity index (χ1n) is 7.88. The Kier molecular flexibility index (Phi) is 5.13. The molecule has 0 bridgehead atoms. The van der Waals surface area contributed by atoms with Gasteiger partial charge in [-0.25, -0.2) is 4.79 Å². The van der Waals surface area contributed by atoms with Crippen LogP contribution >= 0.6 is 0 Å². The minimum absolute atomic E-state index is 0.247. The molecule has 2 rings (SSSR count). The van der Waals surface area contributed by atoms with Crippen molar-refractivity contribution in [3.8, 4) is 0 Å². The van der Waals surface area contributed by atoms with Crippen molar-refractivity contribution in [3.63, 3.8) is 0 Å². The molecule has 1 aliphatic heterocycles. The molecule has 1 fully saturated rings. The van der Waals surface area contributed by atoms with Crippen LogP contribution in [0.25, 0.3) is 0 Å². The number of nitrogens with zero attached hydrogens (tertiary/aromatic N) is 1. The number of nitrogens with two attached hydrogens (primary N) is 1. The smallest absolute Gasteiger partial charge is 0.416 e. The fourth-order valence-electron chi connectivity index (χ4n) is 2.76. The molecule has 1 saturated heterocycles. The van der Waals surface area contributed by atoms with Crippen LogP contribution in [-0.4, -0.2) is 35.7 Å². The summed E-state index contributed by atoms with van der Waals surface area (Å²) >= 11 is 0. The van der Waals surface area contributed by atoms with Gasteiger partial charge in [0.2, 0.25) is 0 Å². The molecule has 1 aliphatic rings. The predicted molar refractivity (Wildman–Crippen MR) is 84.6 cm³/mol. The number of halogens is 3. The second kappa shape index (κ2) is 6.63. The molecule has 0 unspecified atom stereocenters. The molecule has 2 atom stereocenters. The third-order valence-electron chi connectivity index (χ3n) is 3.96. The summed E-state index contributed by atoms with van der Waals surface area (Å²) in [6.07, 6.45) is -4.36. The van der Waals surface area contributed by atoms with Gasteiger partial charge in [0, 0.05) is 25.0 Å². The van der Waals surface area contributed by atoms with E-state index >= 15 is 0 Å². The zero-order valence-electron chi connectivity index (χ0n) is 14.1. The normalized spacial score (nSPS) is 22.4. The molecule has 0 spiro atoms. The molecule has 0 saturated carbocycles. The lowest BCUT2D eigenvalue weighted by atomic mass is 9.86. The summed E-state index contributed by atoms with van der Waals surface area (Å²) in [5.74, 6) is -0.353. The highest BCUT2D eigenvalue weighted by atomic mass is 19.4. The van der Waals surface area contributed by atoms with Gasteiger partial charge >= 0.3 is 12.3 Å². The van der Waals surface area contributed by atoms with Gasteiger partial charge in [0.1, 0.15) is 5.60 Å². The summed E-state index contributed by atoms with van der Waals surface area (Å²) < 4.78 is 44.1. The number of alkyl halides is 3. The van der Waals surface area contributed by atoms with E-state index in [-0.39, 0.29) is 18.5 Å². The third-order valence-corrected chi connectivity index (χ3v) is 3.96. The second-order valence-corrected chi connectivity index (χ2v) is 7.11. The van der Waals surface area contributed by atoms with Crippen molar-refractivity contribution in [1.82, 2.24) is 4.90 Å². The Labute approximate surface area is 139 Å². The van der Waals surface area contributed by atoms with Crippen molar-refractivity contribution in [2.24, 2.45) is 5.73 Å². The zero-order chi connectivity index (χ0) is 18.1. The van der Waals surface area contributed by atoms with Gasteiger partial charge in [-0.05, 0) is 38.8 Å². The van der Waals surface area contributed by atoms with Gasteiger partial charge in [-0.2, -0.15) is 13.2 Å². The van der Waals surface area contributed by atoms with Crippen LogP contribution in [0.1, 0.15) is 44.2 Å². The van der Waals surface area contributed by atoms with Crippen LogP contribution in [0.2, 0.25) is 0 Å². The quantitative estimate of drug-likeness (QED) is 0.844. The minimum Gasteiger partial charge on any atom is -0.444 e. The molecule has 2 N–H and O–H groups in total.